The first-order valence-electron chi connectivity index (χ1n) is 6.35. The van der Waals surface area contributed by atoms with E-state index in [1.165, 1.54) is 15.7 Å². The van der Waals surface area contributed by atoms with Crippen LogP contribution in [0.3, 0.4) is 0 Å². The molecule has 3 rings (SSSR count). The molecule has 0 spiro atoms. The summed E-state index contributed by atoms with van der Waals surface area (Å²) in [7, 11) is 0. The molecule has 0 fully saturated rings. The highest BCUT2D eigenvalue weighted by molar-refractivity contribution is 14.1. The molecular formula is C16H11ClFIN2. The zero-order valence-corrected chi connectivity index (χ0v) is 13.8. The molecule has 21 heavy (non-hydrogen) atoms. The Kier molecular flexibility index (Phi) is 4.26. The number of rotatable bonds is 3. The Labute approximate surface area is 140 Å². The predicted molar refractivity (Wildman–Crippen MR) is 90.9 cm³/mol. The summed E-state index contributed by atoms with van der Waals surface area (Å²) in [6.45, 7) is 0.444. The van der Waals surface area contributed by atoms with Crippen LogP contribution in [0.1, 0.15) is 5.56 Å². The monoisotopic (exact) mass is 412 g/mol. The van der Waals surface area contributed by atoms with E-state index in [-0.39, 0.29) is 5.82 Å². The van der Waals surface area contributed by atoms with E-state index in [9.17, 15) is 4.39 Å². The van der Waals surface area contributed by atoms with Gasteiger partial charge in [-0.15, -0.1) is 0 Å². The van der Waals surface area contributed by atoms with Crippen molar-refractivity contribution in [1.82, 2.24) is 9.78 Å². The first-order chi connectivity index (χ1) is 10.1. The minimum atomic E-state index is -0.292. The minimum absolute atomic E-state index is 0.292. The molecule has 0 N–H and O–H groups in total. The van der Waals surface area contributed by atoms with Crippen LogP contribution in [0.2, 0.25) is 5.02 Å². The van der Waals surface area contributed by atoms with E-state index in [2.05, 4.69) is 39.8 Å². The zero-order valence-electron chi connectivity index (χ0n) is 10.9. The van der Waals surface area contributed by atoms with Crippen molar-refractivity contribution >= 4 is 34.2 Å². The van der Waals surface area contributed by atoms with Gasteiger partial charge in [-0.1, -0.05) is 29.8 Å². The van der Waals surface area contributed by atoms with Gasteiger partial charge in [0.1, 0.15) is 5.82 Å². The lowest BCUT2D eigenvalue weighted by Gasteiger charge is -2.05. The highest BCUT2D eigenvalue weighted by Crippen LogP contribution is 2.25. The lowest BCUT2D eigenvalue weighted by molar-refractivity contribution is 0.619. The van der Waals surface area contributed by atoms with Gasteiger partial charge in [0, 0.05) is 20.4 Å². The lowest BCUT2D eigenvalue weighted by Crippen LogP contribution is -2.01. The van der Waals surface area contributed by atoms with Gasteiger partial charge in [-0.2, -0.15) is 5.10 Å². The normalized spacial score (nSPS) is 10.8. The molecule has 2 aromatic carbocycles. The molecule has 0 saturated heterocycles. The Morgan fingerprint density at radius 1 is 1.19 bits per heavy atom. The molecule has 2 nitrogen and oxygen atoms in total. The summed E-state index contributed by atoms with van der Waals surface area (Å²) < 4.78 is 16.2. The van der Waals surface area contributed by atoms with Crippen LogP contribution in [0.15, 0.2) is 54.9 Å². The predicted octanol–water partition coefficient (Wildman–Crippen LogP) is 5.00. The van der Waals surface area contributed by atoms with Crippen LogP contribution < -0.4 is 0 Å². The molecule has 1 aromatic heterocycles. The second kappa shape index (κ2) is 6.15. The molecule has 0 radical (unpaired) electrons. The van der Waals surface area contributed by atoms with Gasteiger partial charge in [-0.3, -0.25) is 4.68 Å². The maximum Gasteiger partial charge on any atom is 0.123 e. The molecular weight excluding hydrogens is 402 g/mol. The molecule has 106 valence electrons. The summed E-state index contributed by atoms with van der Waals surface area (Å²) in [6, 6.07) is 12.5. The highest BCUT2D eigenvalue weighted by Gasteiger charge is 2.07. The smallest absolute Gasteiger partial charge is 0.123 e. The van der Waals surface area contributed by atoms with Gasteiger partial charge in [0.05, 0.1) is 12.7 Å². The molecule has 0 aliphatic heterocycles. The third-order valence-electron chi connectivity index (χ3n) is 3.16. The number of aromatic nitrogens is 2. The van der Waals surface area contributed by atoms with Crippen LogP contribution >= 0.6 is 34.2 Å². The van der Waals surface area contributed by atoms with Gasteiger partial charge in [0.2, 0.25) is 0 Å². The van der Waals surface area contributed by atoms with Gasteiger partial charge in [-0.05, 0) is 58.0 Å². The standard InChI is InChI=1S/C16H11ClFIN2/c17-15-6-5-13(18)7-11(15)9-21-10-12(8-20-21)14-3-1-2-4-16(14)19/h1-8,10H,9H2. The minimum Gasteiger partial charge on any atom is -0.268 e. The van der Waals surface area contributed by atoms with E-state index >= 15 is 0 Å². The molecule has 0 bridgehead atoms. The Morgan fingerprint density at radius 2 is 2.00 bits per heavy atom. The number of nitrogens with zero attached hydrogens (tertiary/aromatic N) is 2. The maximum atomic E-state index is 13.3. The first-order valence-corrected chi connectivity index (χ1v) is 7.80. The van der Waals surface area contributed by atoms with Crippen molar-refractivity contribution in [3.05, 3.63) is 74.8 Å². The quantitative estimate of drug-likeness (QED) is 0.554. The molecule has 0 atom stereocenters. The van der Waals surface area contributed by atoms with E-state index in [1.54, 1.807) is 10.7 Å². The Hall–Kier alpha value is -1.40. The highest BCUT2D eigenvalue weighted by atomic mass is 127. The number of benzene rings is 2. The summed E-state index contributed by atoms with van der Waals surface area (Å²) in [6.07, 6.45) is 3.75. The van der Waals surface area contributed by atoms with E-state index < -0.39 is 0 Å². The Morgan fingerprint density at radius 3 is 2.81 bits per heavy atom. The van der Waals surface area contributed by atoms with E-state index in [0.29, 0.717) is 17.1 Å². The van der Waals surface area contributed by atoms with Gasteiger partial charge < -0.3 is 0 Å². The molecule has 0 unspecified atom stereocenters. The van der Waals surface area contributed by atoms with Crippen LogP contribution in [0.25, 0.3) is 11.1 Å². The van der Waals surface area contributed by atoms with Gasteiger partial charge in [0.15, 0.2) is 0 Å². The van der Waals surface area contributed by atoms with Gasteiger partial charge in [-0.25, -0.2) is 4.39 Å². The summed E-state index contributed by atoms with van der Waals surface area (Å²) >= 11 is 8.38. The van der Waals surface area contributed by atoms with Crippen molar-refractivity contribution < 1.29 is 4.39 Å². The first kappa shape index (κ1) is 14.5. The fourth-order valence-corrected chi connectivity index (χ4v) is 3.00. The summed E-state index contributed by atoms with van der Waals surface area (Å²) in [4.78, 5) is 0. The topological polar surface area (TPSA) is 17.8 Å². The van der Waals surface area contributed by atoms with Crippen molar-refractivity contribution in [2.75, 3.05) is 0 Å². The number of hydrogen-bond donors (Lipinski definition) is 0. The van der Waals surface area contributed by atoms with Crippen LogP contribution in [0.4, 0.5) is 4.39 Å². The molecule has 0 aliphatic rings. The molecule has 0 saturated carbocycles. The Balaban J connectivity index is 1.89. The average Bonchev–Trinajstić information content (AvgIpc) is 2.92. The third kappa shape index (κ3) is 3.27. The third-order valence-corrected chi connectivity index (χ3v) is 4.47. The fraction of sp³-hybridized carbons (Fsp3) is 0.0625. The maximum absolute atomic E-state index is 13.3. The fourth-order valence-electron chi connectivity index (χ4n) is 2.12. The van der Waals surface area contributed by atoms with Crippen LogP contribution in [-0.2, 0) is 6.54 Å². The zero-order chi connectivity index (χ0) is 14.8. The second-order valence-electron chi connectivity index (χ2n) is 4.64. The number of hydrogen-bond acceptors (Lipinski definition) is 1. The summed E-state index contributed by atoms with van der Waals surface area (Å²) in [5.74, 6) is -0.292. The van der Waals surface area contributed by atoms with Crippen LogP contribution in [0.5, 0.6) is 0 Å². The SMILES string of the molecule is Fc1ccc(Cl)c(Cn2cc(-c3ccccc3I)cn2)c1. The van der Waals surface area contributed by atoms with Gasteiger partial charge in [0.25, 0.3) is 0 Å². The lowest BCUT2D eigenvalue weighted by atomic mass is 10.1. The molecule has 0 aliphatic carbocycles. The van der Waals surface area contributed by atoms with E-state index in [4.69, 9.17) is 11.6 Å². The molecule has 1 heterocycles. The largest absolute Gasteiger partial charge is 0.268 e. The summed E-state index contributed by atoms with van der Waals surface area (Å²) in [5.41, 5.74) is 2.89. The average molecular weight is 413 g/mol. The van der Waals surface area contributed by atoms with Crippen LogP contribution in [0, 0.1) is 9.39 Å². The van der Waals surface area contributed by atoms with Crippen molar-refractivity contribution in [3.8, 4) is 11.1 Å². The van der Waals surface area contributed by atoms with E-state index in [0.717, 1.165) is 11.1 Å². The Bertz CT molecular complexity index is 785. The van der Waals surface area contributed by atoms with Crippen molar-refractivity contribution in [1.29, 1.82) is 0 Å². The second-order valence-corrected chi connectivity index (χ2v) is 6.21. The summed E-state index contributed by atoms with van der Waals surface area (Å²) in [5, 5.41) is 4.88. The number of halogens is 3. The molecule has 5 heteroatoms. The van der Waals surface area contributed by atoms with E-state index in [1.807, 2.05) is 24.5 Å². The molecule has 3 aromatic rings. The molecule has 0 amide bonds. The van der Waals surface area contributed by atoms with Crippen molar-refractivity contribution in [2.24, 2.45) is 0 Å². The van der Waals surface area contributed by atoms with Crippen LogP contribution in [-0.4, -0.2) is 9.78 Å². The van der Waals surface area contributed by atoms with Crippen molar-refractivity contribution in [3.63, 3.8) is 0 Å². The van der Waals surface area contributed by atoms with Crippen molar-refractivity contribution in [2.45, 2.75) is 6.54 Å². The van der Waals surface area contributed by atoms with Gasteiger partial charge >= 0.3 is 0 Å².